The van der Waals surface area contributed by atoms with Crippen LogP contribution in [0.3, 0.4) is 0 Å². The molecule has 2 heterocycles. The smallest absolute Gasteiger partial charge is 0.295 e. The van der Waals surface area contributed by atoms with Crippen LogP contribution in [0.25, 0.3) is 11.1 Å². The van der Waals surface area contributed by atoms with E-state index in [-0.39, 0.29) is 23.6 Å². The molecule has 0 aliphatic carbocycles. The van der Waals surface area contributed by atoms with E-state index in [4.69, 9.17) is 19.6 Å². The number of benzene rings is 2. The predicted molar refractivity (Wildman–Crippen MR) is 137 cm³/mol. The van der Waals surface area contributed by atoms with Gasteiger partial charge in [0.1, 0.15) is 17.0 Å². The van der Waals surface area contributed by atoms with Gasteiger partial charge in [0.05, 0.1) is 25.4 Å². The molecule has 4 rings (SSSR count). The number of piperidine rings is 1. The summed E-state index contributed by atoms with van der Waals surface area (Å²) in [5.41, 5.74) is 7.41. The Hall–Kier alpha value is -3.30. The van der Waals surface area contributed by atoms with Crippen LogP contribution >= 0.6 is 0 Å². The van der Waals surface area contributed by atoms with Gasteiger partial charge < -0.3 is 30.0 Å². The van der Waals surface area contributed by atoms with Crippen LogP contribution < -0.4 is 20.5 Å². The van der Waals surface area contributed by atoms with Crippen molar-refractivity contribution in [3.05, 3.63) is 47.5 Å². The van der Waals surface area contributed by atoms with Crippen molar-refractivity contribution in [2.45, 2.75) is 46.2 Å². The molecule has 0 saturated carbocycles. The first-order valence-corrected chi connectivity index (χ1v) is 12.4. The third-order valence-corrected chi connectivity index (χ3v) is 6.23. The Morgan fingerprint density at radius 1 is 1.28 bits per heavy atom. The lowest BCUT2D eigenvalue weighted by Gasteiger charge is -2.32. The van der Waals surface area contributed by atoms with Crippen LogP contribution in [0.1, 0.15) is 49.5 Å². The number of aliphatic hydroxyl groups excluding tert-OH is 1. The first kappa shape index (κ1) is 25.8. The molecule has 1 fully saturated rings. The van der Waals surface area contributed by atoms with E-state index in [1.54, 1.807) is 12.1 Å². The summed E-state index contributed by atoms with van der Waals surface area (Å²) in [7, 11) is 0. The molecule has 1 radical (unpaired) electrons. The SMILES string of the molecule is CCOc1cc(CN2CCC(Nc3nc4c(C(N)=O)[c]ccc4o3)CC2)cc(OCC(C)(C)CO)c1. The molecule has 4 N–H and O–H groups in total. The van der Waals surface area contributed by atoms with Gasteiger partial charge in [0.25, 0.3) is 11.9 Å². The van der Waals surface area contributed by atoms with Crippen molar-refractivity contribution >= 4 is 23.0 Å². The van der Waals surface area contributed by atoms with Crippen molar-refractivity contribution in [2.24, 2.45) is 11.1 Å². The summed E-state index contributed by atoms with van der Waals surface area (Å²) in [5, 5.41) is 12.9. The van der Waals surface area contributed by atoms with Crippen molar-refractivity contribution in [1.82, 2.24) is 9.88 Å². The molecular formula is C27H35N4O5. The standard InChI is InChI=1S/C27H35N4O5/c1-4-34-20-12-18(13-21(14-20)35-17-27(2,3)16-32)15-31-10-8-19(9-11-31)29-26-30-24-22(25(28)33)6-5-7-23(24)36-26/h5,7,12-14,19,32H,4,8-11,15-17H2,1-3H3,(H2,28,33)(H,29,30). The first-order valence-electron chi connectivity index (χ1n) is 12.4. The minimum atomic E-state index is -0.576. The molecule has 1 saturated heterocycles. The molecular weight excluding hydrogens is 460 g/mol. The number of carbonyl (C=O) groups is 1. The maximum absolute atomic E-state index is 11.6. The number of ether oxygens (including phenoxy) is 2. The summed E-state index contributed by atoms with van der Waals surface area (Å²) >= 11 is 0. The third-order valence-electron chi connectivity index (χ3n) is 6.23. The van der Waals surface area contributed by atoms with Crippen molar-refractivity contribution in [3.8, 4) is 11.5 Å². The minimum Gasteiger partial charge on any atom is -0.494 e. The van der Waals surface area contributed by atoms with Crippen LogP contribution in [0.5, 0.6) is 11.5 Å². The van der Waals surface area contributed by atoms with E-state index in [1.807, 2.05) is 32.9 Å². The number of rotatable bonds is 11. The van der Waals surface area contributed by atoms with Gasteiger partial charge in [-0.1, -0.05) is 13.8 Å². The molecule has 2 aromatic carbocycles. The fraction of sp³-hybridized carbons (Fsp3) is 0.481. The Kier molecular flexibility index (Phi) is 8.01. The molecule has 193 valence electrons. The summed E-state index contributed by atoms with van der Waals surface area (Å²) in [6, 6.07) is 12.8. The van der Waals surface area contributed by atoms with Crippen LogP contribution in [0.4, 0.5) is 6.01 Å². The fourth-order valence-electron chi connectivity index (χ4n) is 4.19. The van der Waals surface area contributed by atoms with Crippen molar-refractivity contribution in [2.75, 3.05) is 38.2 Å². The number of hydrogen-bond donors (Lipinski definition) is 3. The number of anilines is 1. The molecule has 0 bridgehead atoms. The van der Waals surface area contributed by atoms with E-state index in [0.29, 0.717) is 30.3 Å². The van der Waals surface area contributed by atoms with Gasteiger partial charge in [-0.05, 0) is 55.7 Å². The molecule has 3 aromatic rings. The van der Waals surface area contributed by atoms with Gasteiger partial charge in [0.15, 0.2) is 5.58 Å². The molecule has 36 heavy (non-hydrogen) atoms. The van der Waals surface area contributed by atoms with E-state index in [2.05, 4.69) is 27.3 Å². The Morgan fingerprint density at radius 2 is 2.00 bits per heavy atom. The average molecular weight is 496 g/mol. The molecule has 0 unspecified atom stereocenters. The van der Waals surface area contributed by atoms with Crippen molar-refractivity contribution < 1.29 is 23.8 Å². The first-order chi connectivity index (χ1) is 17.3. The molecule has 0 spiro atoms. The van der Waals surface area contributed by atoms with Crippen LogP contribution in [0.2, 0.25) is 0 Å². The molecule has 1 aliphatic heterocycles. The lowest BCUT2D eigenvalue weighted by molar-refractivity contribution is 0.0972. The lowest BCUT2D eigenvalue weighted by atomic mass is 9.96. The van der Waals surface area contributed by atoms with E-state index in [1.165, 1.54) is 0 Å². The second-order valence-electron chi connectivity index (χ2n) is 10.0. The number of aromatic nitrogens is 1. The number of fused-ring (bicyclic) bond motifs is 1. The van der Waals surface area contributed by atoms with Crippen molar-refractivity contribution in [3.63, 3.8) is 0 Å². The lowest BCUT2D eigenvalue weighted by Crippen LogP contribution is -2.38. The van der Waals surface area contributed by atoms with Gasteiger partial charge >= 0.3 is 0 Å². The number of amides is 1. The number of nitrogens with two attached hydrogens (primary N) is 1. The van der Waals surface area contributed by atoms with E-state index in [9.17, 15) is 9.90 Å². The summed E-state index contributed by atoms with van der Waals surface area (Å²) in [4.78, 5) is 18.5. The second kappa shape index (κ2) is 11.2. The zero-order valence-corrected chi connectivity index (χ0v) is 21.2. The number of oxazole rings is 1. The molecule has 0 atom stereocenters. The predicted octanol–water partition coefficient (Wildman–Crippen LogP) is 3.60. The Labute approximate surface area is 211 Å². The number of nitrogens with one attached hydrogen (secondary N) is 1. The number of aliphatic hydroxyl groups is 1. The maximum atomic E-state index is 11.6. The van der Waals surface area contributed by atoms with Gasteiger partial charge in [-0.3, -0.25) is 9.69 Å². The highest BCUT2D eigenvalue weighted by molar-refractivity contribution is 6.03. The molecule has 9 heteroatoms. The fourth-order valence-corrected chi connectivity index (χ4v) is 4.19. The second-order valence-corrected chi connectivity index (χ2v) is 10.0. The molecule has 9 nitrogen and oxygen atoms in total. The largest absolute Gasteiger partial charge is 0.494 e. The number of nitrogens with zero attached hydrogens (tertiary/aromatic N) is 2. The van der Waals surface area contributed by atoms with E-state index in [0.717, 1.165) is 49.5 Å². The van der Waals surface area contributed by atoms with Crippen LogP contribution in [-0.4, -0.2) is 59.8 Å². The van der Waals surface area contributed by atoms with Crippen LogP contribution in [-0.2, 0) is 6.54 Å². The summed E-state index contributed by atoms with van der Waals surface area (Å²) in [6.07, 6.45) is 1.85. The number of likely N-dealkylation sites (tertiary alicyclic amines) is 1. The Balaban J connectivity index is 1.36. The summed E-state index contributed by atoms with van der Waals surface area (Å²) in [5.74, 6) is 0.956. The highest BCUT2D eigenvalue weighted by Crippen LogP contribution is 2.28. The van der Waals surface area contributed by atoms with Gasteiger partial charge in [0, 0.05) is 37.2 Å². The average Bonchev–Trinajstić information content (AvgIpc) is 3.26. The topological polar surface area (TPSA) is 123 Å². The van der Waals surface area contributed by atoms with Crippen LogP contribution in [0.15, 0.2) is 34.7 Å². The highest BCUT2D eigenvalue weighted by Gasteiger charge is 2.23. The van der Waals surface area contributed by atoms with Crippen LogP contribution in [0, 0.1) is 11.5 Å². The Morgan fingerprint density at radius 3 is 2.67 bits per heavy atom. The third kappa shape index (κ3) is 6.47. The quantitative estimate of drug-likeness (QED) is 0.369. The van der Waals surface area contributed by atoms with Gasteiger partial charge in [0.2, 0.25) is 0 Å². The van der Waals surface area contributed by atoms with E-state index >= 15 is 0 Å². The zero-order valence-electron chi connectivity index (χ0n) is 21.2. The van der Waals surface area contributed by atoms with Gasteiger partial charge in [-0.2, -0.15) is 4.98 Å². The zero-order chi connectivity index (χ0) is 25.7. The summed E-state index contributed by atoms with van der Waals surface area (Å²) < 4.78 is 17.5. The molecule has 1 amide bonds. The number of primary amides is 1. The van der Waals surface area contributed by atoms with Crippen molar-refractivity contribution in [1.29, 1.82) is 0 Å². The van der Waals surface area contributed by atoms with Gasteiger partial charge in [-0.25, -0.2) is 0 Å². The molecule has 1 aliphatic rings. The van der Waals surface area contributed by atoms with E-state index < -0.39 is 5.91 Å². The number of hydrogen-bond acceptors (Lipinski definition) is 8. The summed E-state index contributed by atoms with van der Waals surface area (Å²) in [6.45, 7) is 9.56. The highest BCUT2D eigenvalue weighted by atomic mass is 16.5. The Bertz CT molecular complexity index is 1180. The normalized spacial score (nSPS) is 15.2. The maximum Gasteiger partial charge on any atom is 0.295 e. The molecule has 1 aromatic heterocycles. The number of carbonyl (C=O) groups excluding carboxylic acids is 1. The monoisotopic (exact) mass is 495 g/mol. The van der Waals surface area contributed by atoms with Gasteiger partial charge in [-0.15, -0.1) is 0 Å². The minimum absolute atomic E-state index is 0.0578.